The minimum absolute atomic E-state index is 0.706. The summed E-state index contributed by atoms with van der Waals surface area (Å²) in [6.07, 6.45) is 18.9. The summed E-state index contributed by atoms with van der Waals surface area (Å²) in [6.45, 7) is 7.37. The Hall–Kier alpha value is -1.34. The molecule has 2 aliphatic carbocycles. The van der Waals surface area contributed by atoms with Crippen LogP contribution in [0.15, 0.2) is 49.1 Å². The fourth-order valence-corrected chi connectivity index (χ4v) is 5.28. The van der Waals surface area contributed by atoms with Gasteiger partial charge in [0.05, 0.1) is 13.2 Å². The summed E-state index contributed by atoms with van der Waals surface area (Å²) in [6, 6.07) is 9.22. The lowest BCUT2D eigenvalue weighted by Gasteiger charge is -2.38. The maximum atomic E-state index is 5.66. The van der Waals surface area contributed by atoms with Crippen molar-refractivity contribution in [1.82, 2.24) is 0 Å². The van der Waals surface area contributed by atoms with E-state index in [4.69, 9.17) is 4.74 Å². The second kappa shape index (κ2) is 10.9. The van der Waals surface area contributed by atoms with Crippen LogP contribution < -0.4 is 0 Å². The average molecular weight is 367 g/mol. The molecule has 0 aliphatic heterocycles. The molecule has 0 bridgehead atoms. The zero-order chi connectivity index (χ0) is 18.9. The first-order chi connectivity index (χ1) is 13.3. The molecular weight excluding hydrogens is 328 g/mol. The lowest BCUT2D eigenvalue weighted by Crippen LogP contribution is -2.25. The van der Waals surface area contributed by atoms with E-state index < -0.39 is 0 Å². The van der Waals surface area contributed by atoms with Crippen LogP contribution >= 0.6 is 0 Å². The highest BCUT2D eigenvalue weighted by Crippen LogP contribution is 2.44. The predicted octanol–water partition coefficient (Wildman–Crippen LogP) is 7.44. The van der Waals surface area contributed by atoms with Crippen LogP contribution in [0.4, 0.5) is 0 Å². The Labute approximate surface area is 166 Å². The first kappa shape index (κ1) is 20.4. The van der Waals surface area contributed by atoms with Gasteiger partial charge < -0.3 is 4.74 Å². The van der Waals surface area contributed by atoms with Crippen LogP contribution in [0.2, 0.25) is 0 Å². The molecule has 0 saturated heterocycles. The van der Waals surface area contributed by atoms with Crippen LogP contribution in [-0.4, -0.2) is 6.61 Å². The van der Waals surface area contributed by atoms with Crippen molar-refractivity contribution in [2.24, 2.45) is 17.8 Å². The highest BCUT2D eigenvalue weighted by Gasteiger charge is 2.30. The average Bonchev–Trinajstić information content (AvgIpc) is 2.73. The quantitative estimate of drug-likeness (QED) is 0.343. The van der Waals surface area contributed by atoms with E-state index in [2.05, 4.69) is 43.0 Å². The normalized spacial score (nSPS) is 29.1. The van der Waals surface area contributed by atoms with E-state index in [0.29, 0.717) is 13.2 Å². The Morgan fingerprint density at radius 1 is 0.926 bits per heavy atom. The highest BCUT2D eigenvalue weighted by molar-refractivity contribution is 5.25. The third-order valence-corrected chi connectivity index (χ3v) is 7.00. The molecule has 1 aromatic rings. The van der Waals surface area contributed by atoms with E-state index in [1.54, 1.807) is 5.56 Å². The van der Waals surface area contributed by atoms with Gasteiger partial charge >= 0.3 is 0 Å². The van der Waals surface area contributed by atoms with Crippen molar-refractivity contribution in [2.45, 2.75) is 77.2 Å². The van der Waals surface area contributed by atoms with Gasteiger partial charge in [-0.1, -0.05) is 42.5 Å². The van der Waals surface area contributed by atoms with Gasteiger partial charge in [0.15, 0.2) is 0 Å². The molecule has 1 aromatic carbocycles. The molecule has 0 atom stereocenters. The van der Waals surface area contributed by atoms with Gasteiger partial charge in [-0.15, -0.1) is 6.58 Å². The van der Waals surface area contributed by atoms with E-state index in [0.717, 1.165) is 23.7 Å². The Morgan fingerprint density at radius 2 is 1.56 bits per heavy atom. The van der Waals surface area contributed by atoms with Crippen molar-refractivity contribution < 1.29 is 4.74 Å². The number of allylic oxidation sites excluding steroid dienone is 2. The third-order valence-electron chi connectivity index (χ3n) is 7.00. The van der Waals surface area contributed by atoms with Gasteiger partial charge in [0.2, 0.25) is 0 Å². The molecule has 0 spiro atoms. The van der Waals surface area contributed by atoms with Crippen LogP contribution in [0.1, 0.15) is 81.8 Å². The van der Waals surface area contributed by atoms with Crippen LogP contribution in [-0.2, 0) is 11.3 Å². The van der Waals surface area contributed by atoms with Crippen molar-refractivity contribution >= 4 is 0 Å². The van der Waals surface area contributed by atoms with Gasteiger partial charge in [-0.2, -0.15) is 0 Å². The molecule has 0 N–H and O–H groups in total. The summed E-state index contributed by atoms with van der Waals surface area (Å²) in [5, 5.41) is 0. The number of benzene rings is 1. The molecule has 1 nitrogen and oxygen atoms in total. The summed E-state index contributed by atoms with van der Waals surface area (Å²) < 4.78 is 5.66. The van der Waals surface area contributed by atoms with Crippen molar-refractivity contribution in [2.75, 3.05) is 6.61 Å². The number of rotatable bonds is 8. The largest absolute Gasteiger partial charge is 0.373 e. The van der Waals surface area contributed by atoms with Crippen LogP contribution in [0.25, 0.3) is 0 Å². The number of hydrogen-bond acceptors (Lipinski definition) is 1. The SMILES string of the molecule is C=CC[C@H]1CC[C@H](C2CCC(c3ccc(COCC=CC)cc3)CC2)CC1. The smallest absolute Gasteiger partial charge is 0.0721 e. The van der Waals surface area contributed by atoms with Gasteiger partial charge in [-0.3, -0.25) is 0 Å². The van der Waals surface area contributed by atoms with Gasteiger partial charge in [-0.05, 0) is 99.5 Å². The first-order valence-corrected chi connectivity index (χ1v) is 11.2. The molecule has 27 heavy (non-hydrogen) atoms. The summed E-state index contributed by atoms with van der Waals surface area (Å²) >= 11 is 0. The molecule has 0 amide bonds. The van der Waals surface area contributed by atoms with E-state index in [1.807, 2.05) is 13.0 Å². The topological polar surface area (TPSA) is 9.23 Å². The summed E-state index contributed by atoms with van der Waals surface area (Å²) in [5.41, 5.74) is 2.83. The Bertz CT molecular complexity index is 569. The second-order valence-corrected chi connectivity index (χ2v) is 8.74. The molecule has 0 radical (unpaired) electrons. The first-order valence-electron chi connectivity index (χ1n) is 11.2. The fourth-order valence-electron chi connectivity index (χ4n) is 5.28. The number of hydrogen-bond donors (Lipinski definition) is 0. The van der Waals surface area contributed by atoms with Crippen molar-refractivity contribution in [3.8, 4) is 0 Å². The fraction of sp³-hybridized carbons (Fsp3) is 0.615. The lowest BCUT2D eigenvalue weighted by atomic mass is 9.68. The Kier molecular flexibility index (Phi) is 8.20. The third kappa shape index (κ3) is 6.07. The second-order valence-electron chi connectivity index (χ2n) is 8.74. The maximum Gasteiger partial charge on any atom is 0.0721 e. The standard InChI is InChI=1S/C26H38O/c1-3-5-19-27-20-22-9-13-24(14-10-22)26-17-15-25(16-18-26)23-11-7-21(6-4-2)8-12-23/h3-5,9-10,13-14,21,23,25-26H,2,6-8,11-12,15-20H2,1H3/t21-,23-,25?,26?. The Morgan fingerprint density at radius 3 is 2.15 bits per heavy atom. The van der Waals surface area contributed by atoms with E-state index in [-0.39, 0.29) is 0 Å². The monoisotopic (exact) mass is 366 g/mol. The van der Waals surface area contributed by atoms with Crippen LogP contribution in [0.5, 0.6) is 0 Å². The minimum atomic E-state index is 0.706. The molecular formula is C26H38O. The highest BCUT2D eigenvalue weighted by atomic mass is 16.5. The number of ether oxygens (including phenoxy) is 1. The molecule has 0 unspecified atom stereocenters. The van der Waals surface area contributed by atoms with E-state index >= 15 is 0 Å². The van der Waals surface area contributed by atoms with Crippen molar-refractivity contribution in [1.29, 1.82) is 0 Å². The van der Waals surface area contributed by atoms with Gasteiger partial charge in [0.25, 0.3) is 0 Å². The lowest BCUT2D eigenvalue weighted by molar-refractivity contribution is 0.148. The molecule has 0 aromatic heterocycles. The molecule has 3 rings (SSSR count). The van der Waals surface area contributed by atoms with Crippen LogP contribution in [0, 0.1) is 17.8 Å². The molecule has 2 saturated carbocycles. The summed E-state index contributed by atoms with van der Waals surface area (Å²) in [4.78, 5) is 0. The molecule has 0 heterocycles. The van der Waals surface area contributed by atoms with Gasteiger partial charge in [-0.25, -0.2) is 0 Å². The van der Waals surface area contributed by atoms with Gasteiger partial charge in [0, 0.05) is 0 Å². The molecule has 1 heteroatoms. The van der Waals surface area contributed by atoms with Crippen molar-refractivity contribution in [3.63, 3.8) is 0 Å². The predicted molar refractivity (Wildman–Crippen MR) is 116 cm³/mol. The van der Waals surface area contributed by atoms with Crippen molar-refractivity contribution in [3.05, 3.63) is 60.2 Å². The Balaban J connectivity index is 1.42. The van der Waals surface area contributed by atoms with E-state index in [1.165, 1.54) is 63.4 Å². The van der Waals surface area contributed by atoms with E-state index in [9.17, 15) is 0 Å². The molecule has 2 fully saturated rings. The zero-order valence-corrected chi connectivity index (χ0v) is 17.2. The maximum absolute atomic E-state index is 5.66. The zero-order valence-electron chi connectivity index (χ0n) is 17.2. The summed E-state index contributed by atoms with van der Waals surface area (Å²) in [7, 11) is 0. The van der Waals surface area contributed by atoms with Crippen LogP contribution in [0.3, 0.4) is 0 Å². The molecule has 2 aliphatic rings. The summed E-state index contributed by atoms with van der Waals surface area (Å²) in [5.74, 6) is 3.70. The minimum Gasteiger partial charge on any atom is -0.373 e. The molecule has 148 valence electrons. The van der Waals surface area contributed by atoms with Gasteiger partial charge in [0.1, 0.15) is 0 Å².